The van der Waals surface area contributed by atoms with Gasteiger partial charge in [-0.1, -0.05) is 39.0 Å². The van der Waals surface area contributed by atoms with Crippen LogP contribution in [0.15, 0.2) is 30.3 Å². The first-order valence-corrected chi connectivity index (χ1v) is 5.38. The minimum absolute atomic E-state index is 0.0399. The molecule has 0 aliphatic heterocycles. The molecule has 0 unspecified atom stereocenters. The van der Waals surface area contributed by atoms with Crippen LogP contribution >= 0.6 is 0 Å². The van der Waals surface area contributed by atoms with E-state index in [9.17, 15) is 4.79 Å². The fraction of sp³-hybridized carbons (Fsp3) is 0.286. The molecule has 0 saturated heterocycles. The third-order valence-electron chi connectivity index (χ3n) is 2.64. The zero-order valence-corrected chi connectivity index (χ0v) is 9.82. The fourth-order valence-corrected chi connectivity index (χ4v) is 1.68. The Bertz CT molecular complexity index is 538. The average Bonchev–Trinajstić information content (AvgIpc) is 2.26. The Morgan fingerprint density at radius 2 is 1.88 bits per heavy atom. The van der Waals surface area contributed by atoms with Crippen molar-refractivity contribution in [2.45, 2.75) is 26.2 Å². The monoisotopic (exact) mass is 213 g/mol. The molecule has 0 saturated carbocycles. The van der Waals surface area contributed by atoms with E-state index in [-0.39, 0.29) is 5.41 Å². The van der Waals surface area contributed by atoms with Crippen LogP contribution in [0.25, 0.3) is 10.9 Å². The van der Waals surface area contributed by atoms with Crippen molar-refractivity contribution in [3.8, 4) is 0 Å². The van der Waals surface area contributed by atoms with Gasteiger partial charge >= 0.3 is 0 Å². The Labute approximate surface area is 95.3 Å². The Kier molecular flexibility index (Phi) is 2.50. The molecule has 0 fully saturated rings. The largest absolute Gasteiger partial charge is 0.298 e. The van der Waals surface area contributed by atoms with E-state index in [1.165, 1.54) is 0 Å². The molecule has 0 aliphatic carbocycles. The smallest absolute Gasteiger partial charge is 0.150 e. The lowest BCUT2D eigenvalue weighted by Crippen LogP contribution is -2.14. The molecule has 2 heteroatoms. The van der Waals surface area contributed by atoms with Crippen LogP contribution in [0.2, 0.25) is 0 Å². The number of para-hydroxylation sites is 1. The van der Waals surface area contributed by atoms with Crippen LogP contribution in [0, 0.1) is 0 Å². The third-order valence-corrected chi connectivity index (χ3v) is 2.64. The highest BCUT2D eigenvalue weighted by Crippen LogP contribution is 2.25. The quantitative estimate of drug-likeness (QED) is 0.680. The molecule has 2 nitrogen and oxygen atoms in total. The Morgan fingerprint density at radius 3 is 2.50 bits per heavy atom. The number of benzene rings is 1. The summed E-state index contributed by atoms with van der Waals surface area (Å²) < 4.78 is 0. The SMILES string of the molecule is CC(C)(C)c1cc(C=O)c2ccccc2n1. The van der Waals surface area contributed by atoms with Gasteiger partial charge in [0.1, 0.15) is 0 Å². The molecule has 2 aromatic rings. The second-order valence-corrected chi connectivity index (χ2v) is 4.98. The van der Waals surface area contributed by atoms with E-state index < -0.39 is 0 Å². The number of aromatic nitrogens is 1. The molecule has 0 amide bonds. The molecule has 0 bridgehead atoms. The van der Waals surface area contributed by atoms with Gasteiger partial charge in [-0.25, -0.2) is 0 Å². The van der Waals surface area contributed by atoms with Gasteiger partial charge in [-0.05, 0) is 12.1 Å². The first kappa shape index (κ1) is 10.8. The number of hydrogen-bond donors (Lipinski definition) is 0. The lowest BCUT2D eigenvalue weighted by molar-refractivity contribution is 0.112. The number of pyridine rings is 1. The molecule has 0 aliphatic rings. The van der Waals surface area contributed by atoms with Gasteiger partial charge in [0.2, 0.25) is 0 Å². The Morgan fingerprint density at radius 1 is 1.19 bits per heavy atom. The van der Waals surface area contributed by atoms with E-state index in [1.54, 1.807) is 0 Å². The van der Waals surface area contributed by atoms with Crippen molar-refractivity contribution in [3.63, 3.8) is 0 Å². The summed E-state index contributed by atoms with van der Waals surface area (Å²) in [6.45, 7) is 6.29. The summed E-state index contributed by atoms with van der Waals surface area (Å²) in [5.74, 6) is 0. The van der Waals surface area contributed by atoms with E-state index in [4.69, 9.17) is 0 Å². The number of rotatable bonds is 1. The number of hydrogen-bond acceptors (Lipinski definition) is 2. The van der Waals surface area contributed by atoms with Gasteiger partial charge in [0.15, 0.2) is 6.29 Å². The zero-order valence-electron chi connectivity index (χ0n) is 9.82. The first-order valence-electron chi connectivity index (χ1n) is 5.38. The first-order chi connectivity index (χ1) is 7.52. The number of nitrogens with zero attached hydrogens (tertiary/aromatic N) is 1. The maximum Gasteiger partial charge on any atom is 0.150 e. The van der Waals surface area contributed by atoms with Crippen LogP contribution < -0.4 is 0 Å². The minimum Gasteiger partial charge on any atom is -0.298 e. The van der Waals surface area contributed by atoms with Crippen molar-refractivity contribution in [1.82, 2.24) is 4.98 Å². The Hall–Kier alpha value is -1.70. The summed E-state index contributed by atoms with van der Waals surface area (Å²) in [5.41, 5.74) is 2.52. The van der Waals surface area contributed by atoms with Crippen LogP contribution in [0.3, 0.4) is 0 Å². The normalized spacial score (nSPS) is 11.7. The zero-order chi connectivity index (χ0) is 11.8. The van der Waals surface area contributed by atoms with Gasteiger partial charge < -0.3 is 0 Å². The van der Waals surface area contributed by atoms with Crippen LogP contribution in [0.4, 0.5) is 0 Å². The average molecular weight is 213 g/mol. The van der Waals surface area contributed by atoms with Gasteiger partial charge in [0.25, 0.3) is 0 Å². The van der Waals surface area contributed by atoms with Gasteiger partial charge in [-0.3, -0.25) is 9.78 Å². The molecule has 1 aromatic heterocycles. The lowest BCUT2D eigenvalue weighted by Gasteiger charge is -2.18. The summed E-state index contributed by atoms with van der Waals surface area (Å²) in [6, 6.07) is 9.62. The predicted octanol–water partition coefficient (Wildman–Crippen LogP) is 3.34. The third kappa shape index (κ3) is 1.83. The van der Waals surface area contributed by atoms with Crippen molar-refractivity contribution < 1.29 is 4.79 Å². The van der Waals surface area contributed by atoms with Crippen molar-refractivity contribution in [3.05, 3.63) is 41.6 Å². The summed E-state index contributed by atoms with van der Waals surface area (Å²) in [6.07, 6.45) is 0.902. The molecule has 82 valence electrons. The molecule has 2 rings (SSSR count). The van der Waals surface area contributed by atoms with E-state index in [0.717, 1.165) is 28.4 Å². The van der Waals surface area contributed by atoms with Crippen molar-refractivity contribution in [2.24, 2.45) is 0 Å². The van der Waals surface area contributed by atoms with Crippen LogP contribution in [-0.4, -0.2) is 11.3 Å². The standard InChI is InChI=1S/C14H15NO/c1-14(2,3)13-8-10(9-16)11-6-4-5-7-12(11)15-13/h4-9H,1-3H3. The molecule has 1 aromatic carbocycles. The van der Waals surface area contributed by atoms with E-state index >= 15 is 0 Å². The lowest BCUT2D eigenvalue weighted by atomic mass is 9.90. The second-order valence-electron chi connectivity index (χ2n) is 4.98. The highest BCUT2D eigenvalue weighted by atomic mass is 16.1. The van der Waals surface area contributed by atoms with E-state index in [2.05, 4.69) is 25.8 Å². The Balaban J connectivity index is 2.78. The molecule has 16 heavy (non-hydrogen) atoms. The van der Waals surface area contributed by atoms with Crippen LogP contribution in [-0.2, 0) is 5.41 Å². The summed E-state index contributed by atoms with van der Waals surface area (Å²) in [5, 5.41) is 0.922. The van der Waals surface area contributed by atoms with E-state index in [0.29, 0.717) is 0 Å². The summed E-state index contributed by atoms with van der Waals surface area (Å²) >= 11 is 0. The number of aldehydes is 1. The molecule has 0 N–H and O–H groups in total. The molecule has 1 heterocycles. The summed E-state index contributed by atoms with van der Waals surface area (Å²) in [7, 11) is 0. The van der Waals surface area contributed by atoms with Gasteiger partial charge in [-0.2, -0.15) is 0 Å². The number of carbonyl (C=O) groups excluding carboxylic acids is 1. The van der Waals surface area contributed by atoms with Crippen LogP contribution in [0.5, 0.6) is 0 Å². The maximum absolute atomic E-state index is 11.1. The van der Waals surface area contributed by atoms with Crippen molar-refractivity contribution in [2.75, 3.05) is 0 Å². The van der Waals surface area contributed by atoms with E-state index in [1.807, 2.05) is 30.3 Å². The van der Waals surface area contributed by atoms with Crippen molar-refractivity contribution >= 4 is 17.2 Å². The molecule has 0 radical (unpaired) electrons. The molecular formula is C14H15NO. The maximum atomic E-state index is 11.1. The molecular weight excluding hydrogens is 198 g/mol. The van der Waals surface area contributed by atoms with Crippen LogP contribution in [0.1, 0.15) is 36.8 Å². The molecule has 0 atom stereocenters. The number of carbonyl (C=O) groups is 1. The minimum atomic E-state index is -0.0399. The predicted molar refractivity (Wildman–Crippen MR) is 65.8 cm³/mol. The van der Waals surface area contributed by atoms with Gasteiger partial charge in [-0.15, -0.1) is 0 Å². The number of fused-ring (bicyclic) bond motifs is 1. The topological polar surface area (TPSA) is 30.0 Å². The summed E-state index contributed by atoms with van der Waals surface area (Å²) in [4.78, 5) is 15.7. The highest BCUT2D eigenvalue weighted by Gasteiger charge is 2.17. The highest BCUT2D eigenvalue weighted by molar-refractivity contribution is 5.96. The molecule has 0 spiro atoms. The van der Waals surface area contributed by atoms with Gasteiger partial charge in [0.05, 0.1) is 5.52 Å². The second kappa shape index (κ2) is 3.71. The van der Waals surface area contributed by atoms with Gasteiger partial charge in [0, 0.05) is 22.1 Å². The fourth-order valence-electron chi connectivity index (χ4n) is 1.68. The van der Waals surface area contributed by atoms with Crippen molar-refractivity contribution in [1.29, 1.82) is 0 Å².